The lowest BCUT2D eigenvalue weighted by atomic mass is 10.1. The van der Waals surface area contributed by atoms with Gasteiger partial charge in [0, 0.05) is 42.6 Å². The van der Waals surface area contributed by atoms with Gasteiger partial charge in [0.1, 0.15) is 6.04 Å². The van der Waals surface area contributed by atoms with Crippen LogP contribution in [0.15, 0.2) is 72.8 Å². The van der Waals surface area contributed by atoms with Crippen LogP contribution in [0.4, 0.5) is 11.4 Å². The molecule has 33 heavy (non-hydrogen) atoms. The van der Waals surface area contributed by atoms with Crippen molar-refractivity contribution in [1.29, 1.82) is 0 Å². The lowest BCUT2D eigenvalue weighted by Gasteiger charge is -2.20. The second kappa shape index (κ2) is 13.0. The molecule has 1 unspecified atom stereocenters. The van der Waals surface area contributed by atoms with Crippen LogP contribution in [-0.2, 0) is 11.3 Å². The molecule has 0 saturated carbocycles. The third-order valence-corrected chi connectivity index (χ3v) is 5.56. The van der Waals surface area contributed by atoms with Gasteiger partial charge in [0.15, 0.2) is 0 Å². The Morgan fingerprint density at radius 1 is 0.939 bits per heavy atom. The van der Waals surface area contributed by atoms with E-state index in [0.717, 1.165) is 48.6 Å². The highest BCUT2D eigenvalue weighted by atomic mass is 35.5. The summed E-state index contributed by atoms with van der Waals surface area (Å²) in [6.45, 7) is 7.25. The minimum Gasteiger partial charge on any atom is -0.385 e. The molecule has 3 aromatic carbocycles. The third kappa shape index (κ3) is 7.90. The van der Waals surface area contributed by atoms with E-state index in [4.69, 9.17) is 11.6 Å². The monoisotopic (exact) mass is 464 g/mol. The van der Waals surface area contributed by atoms with E-state index < -0.39 is 6.04 Å². The molecule has 0 aliphatic heterocycles. The summed E-state index contributed by atoms with van der Waals surface area (Å²) in [5.74, 6) is -0.117. The smallest absolute Gasteiger partial charge is 0.246 e. The molecule has 1 amide bonds. The minimum atomic E-state index is -0.513. The minimum absolute atomic E-state index is 0.117. The summed E-state index contributed by atoms with van der Waals surface area (Å²) >= 11 is 6.21. The van der Waals surface area contributed by atoms with Crippen LogP contribution in [0.2, 0.25) is 5.02 Å². The molecule has 0 aliphatic carbocycles. The Labute approximate surface area is 201 Å². The van der Waals surface area contributed by atoms with Crippen molar-refractivity contribution in [1.82, 2.24) is 10.6 Å². The number of hydrogen-bond acceptors (Lipinski definition) is 4. The maximum atomic E-state index is 13.2. The van der Waals surface area contributed by atoms with Crippen molar-refractivity contribution in [3.05, 3.63) is 94.5 Å². The first-order valence-corrected chi connectivity index (χ1v) is 11.8. The molecule has 174 valence electrons. The summed E-state index contributed by atoms with van der Waals surface area (Å²) in [6, 6.07) is 23.1. The van der Waals surface area contributed by atoms with E-state index in [1.54, 1.807) is 0 Å². The van der Waals surface area contributed by atoms with Crippen molar-refractivity contribution in [3.63, 3.8) is 0 Å². The average Bonchev–Trinajstić information content (AvgIpc) is 2.81. The molecule has 4 N–H and O–H groups in total. The highest BCUT2D eigenvalue weighted by molar-refractivity contribution is 6.30. The van der Waals surface area contributed by atoms with Crippen molar-refractivity contribution in [2.45, 2.75) is 32.9 Å². The number of halogens is 1. The number of carbonyl (C=O) groups is 1. The molecular weight excluding hydrogens is 432 g/mol. The van der Waals surface area contributed by atoms with Gasteiger partial charge in [-0.25, -0.2) is 0 Å². The summed E-state index contributed by atoms with van der Waals surface area (Å²) < 4.78 is 0. The van der Waals surface area contributed by atoms with E-state index >= 15 is 0 Å². The molecule has 0 aromatic heterocycles. The Balaban J connectivity index is 1.62. The molecule has 0 spiro atoms. The lowest BCUT2D eigenvalue weighted by molar-refractivity contribution is -0.118. The van der Waals surface area contributed by atoms with Crippen LogP contribution < -0.4 is 21.3 Å². The van der Waals surface area contributed by atoms with Crippen LogP contribution in [0.3, 0.4) is 0 Å². The average molecular weight is 465 g/mol. The normalized spacial score (nSPS) is 11.7. The van der Waals surface area contributed by atoms with E-state index in [1.807, 2.05) is 67.6 Å². The quantitative estimate of drug-likeness (QED) is 0.266. The molecule has 1 atom stereocenters. The number of benzene rings is 3. The first-order valence-electron chi connectivity index (χ1n) is 11.5. The molecule has 0 saturated heterocycles. The van der Waals surface area contributed by atoms with Crippen LogP contribution in [0, 0.1) is 6.92 Å². The Morgan fingerprint density at radius 3 is 2.48 bits per heavy atom. The van der Waals surface area contributed by atoms with Gasteiger partial charge in [-0.1, -0.05) is 61.0 Å². The Bertz CT molecular complexity index is 1030. The first kappa shape index (κ1) is 24.8. The van der Waals surface area contributed by atoms with Crippen LogP contribution in [0.5, 0.6) is 0 Å². The van der Waals surface area contributed by atoms with E-state index in [9.17, 15) is 4.79 Å². The maximum absolute atomic E-state index is 13.2. The predicted molar refractivity (Wildman–Crippen MR) is 139 cm³/mol. The predicted octanol–water partition coefficient (Wildman–Crippen LogP) is 5.53. The second-order valence-electron chi connectivity index (χ2n) is 8.05. The fourth-order valence-corrected chi connectivity index (χ4v) is 3.79. The van der Waals surface area contributed by atoms with Gasteiger partial charge >= 0.3 is 0 Å². The molecule has 5 nitrogen and oxygen atoms in total. The second-order valence-corrected chi connectivity index (χ2v) is 8.49. The van der Waals surface area contributed by atoms with Gasteiger partial charge < -0.3 is 21.3 Å². The molecule has 3 rings (SSSR count). The van der Waals surface area contributed by atoms with Crippen LogP contribution in [0.25, 0.3) is 0 Å². The zero-order chi connectivity index (χ0) is 23.5. The Kier molecular flexibility index (Phi) is 9.76. The number of aryl methyl sites for hydroxylation is 1. The standard InChI is InChI=1S/C27H33ClN4O/c1-3-14-30-25-13-12-24(17-20(25)2)32-27(33)26(22-10-7-11-23(28)18-22)31-16-15-29-19-21-8-5-4-6-9-21/h4-13,17-18,26,29-31H,3,14-16,19H2,1-2H3,(H,32,33). The number of anilines is 2. The fraction of sp³-hybridized carbons (Fsp3) is 0.296. The van der Waals surface area contributed by atoms with Crippen LogP contribution in [0.1, 0.15) is 36.1 Å². The summed E-state index contributed by atoms with van der Waals surface area (Å²) in [7, 11) is 0. The van der Waals surface area contributed by atoms with Crippen molar-refractivity contribution >= 4 is 28.9 Å². The largest absolute Gasteiger partial charge is 0.385 e. The van der Waals surface area contributed by atoms with Gasteiger partial charge in [-0.2, -0.15) is 0 Å². The van der Waals surface area contributed by atoms with Gasteiger partial charge in [-0.05, 0) is 60.4 Å². The van der Waals surface area contributed by atoms with Gasteiger partial charge in [0.25, 0.3) is 0 Å². The first-order chi connectivity index (χ1) is 16.1. The summed E-state index contributed by atoms with van der Waals surface area (Å²) in [6.07, 6.45) is 1.06. The van der Waals surface area contributed by atoms with Crippen molar-refractivity contribution in [3.8, 4) is 0 Å². The molecule has 0 heterocycles. The maximum Gasteiger partial charge on any atom is 0.246 e. The molecule has 3 aromatic rings. The van der Waals surface area contributed by atoms with Gasteiger partial charge in [-0.3, -0.25) is 4.79 Å². The van der Waals surface area contributed by atoms with Gasteiger partial charge in [-0.15, -0.1) is 0 Å². The van der Waals surface area contributed by atoms with Crippen molar-refractivity contribution in [2.75, 3.05) is 30.3 Å². The highest BCUT2D eigenvalue weighted by Crippen LogP contribution is 2.23. The molecule has 6 heteroatoms. The molecular formula is C27H33ClN4O. The summed E-state index contributed by atoms with van der Waals surface area (Å²) in [5.41, 5.74) is 5.02. The SMILES string of the molecule is CCCNc1ccc(NC(=O)C(NCCNCc2ccccc2)c2cccc(Cl)c2)cc1C. The van der Waals surface area contributed by atoms with Crippen LogP contribution >= 0.6 is 11.6 Å². The zero-order valence-corrected chi connectivity index (χ0v) is 20.1. The van der Waals surface area contributed by atoms with Crippen molar-refractivity contribution in [2.24, 2.45) is 0 Å². The number of rotatable bonds is 12. The zero-order valence-electron chi connectivity index (χ0n) is 19.3. The summed E-state index contributed by atoms with van der Waals surface area (Å²) in [5, 5.41) is 13.9. The van der Waals surface area contributed by atoms with Crippen LogP contribution in [-0.4, -0.2) is 25.5 Å². The van der Waals surface area contributed by atoms with E-state index in [2.05, 4.69) is 40.3 Å². The van der Waals surface area contributed by atoms with Crippen molar-refractivity contribution < 1.29 is 4.79 Å². The fourth-order valence-electron chi connectivity index (χ4n) is 3.60. The van der Waals surface area contributed by atoms with Gasteiger partial charge in [0.2, 0.25) is 5.91 Å². The number of nitrogens with one attached hydrogen (secondary N) is 4. The third-order valence-electron chi connectivity index (χ3n) is 5.33. The molecule has 0 aliphatic rings. The highest BCUT2D eigenvalue weighted by Gasteiger charge is 2.20. The Morgan fingerprint density at radius 2 is 1.76 bits per heavy atom. The topological polar surface area (TPSA) is 65.2 Å². The molecule has 0 radical (unpaired) electrons. The number of hydrogen-bond donors (Lipinski definition) is 4. The van der Waals surface area contributed by atoms with E-state index in [1.165, 1.54) is 5.56 Å². The number of carbonyl (C=O) groups excluding carboxylic acids is 1. The van der Waals surface area contributed by atoms with Gasteiger partial charge in [0.05, 0.1) is 0 Å². The molecule has 0 bridgehead atoms. The lowest BCUT2D eigenvalue weighted by Crippen LogP contribution is -2.37. The van der Waals surface area contributed by atoms with E-state index in [0.29, 0.717) is 11.6 Å². The Hall–Kier alpha value is -2.86. The summed E-state index contributed by atoms with van der Waals surface area (Å²) in [4.78, 5) is 13.2. The molecule has 0 fully saturated rings. The van der Waals surface area contributed by atoms with E-state index in [-0.39, 0.29) is 5.91 Å². The number of amides is 1.